The smallest absolute Gasteiger partial charge is 0.417 e. The minimum absolute atomic E-state index is 0.370. The summed E-state index contributed by atoms with van der Waals surface area (Å²) in [6.45, 7) is 2.41. The summed E-state index contributed by atoms with van der Waals surface area (Å²) in [7, 11) is 0. The maximum Gasteiger partial charge on any atom is 0.417 e. The molecule has 3 nitrogen and oxygen atoms in total. The fourth-order valence-electron chi connectivity index (χ4n) is 3.62. The Kier molecular flexibility index (Phi) is 5.49. The molecule has 1 N–H and O–H groups in total. The summed E-state index contributed by atoms with van der Waals surface area (Å²) in [4.78, 5) is 13.4. The molecule has 7 heteroatoms. The van der Waals surface area contributed by atoms with Crippen LogP contribution in [-0.4, -0.2) is 28.6 Å². The van der Waals surface area contributed by atoms with E-state index >= 15 is 0 Å². The lowest BCUT2D eigenvalue weighted by Gasteiger charge is -2.32. The monoisotopic (exact) mass is 397 g/mol. The normalized spacial score (nSPS) is 19.2. The van der Waals surface area contributed by atoms with E-state index in [2.05, 4.69) is 0 Å². The Morgan fingerprint density at radius 1 is 1.19 bits per heavy atom. The molecule has 1 heterocycles. The zero-order valence-electron chi connectivity index (χ0n) is 14.6. The molecule has 0 aliphatic carbocycles. The van der Waals surface area contributed by atoms with Crippen LogP contribution in [0.1, 0.15) is 41.1 Å². The van der Waals surface area contributed by atoms with Gasteiger partial charge in [-0.25, -0.2) is 0 Å². The molecular formula is C20H19ClF3NO2. The Hall–Kier alpha value is -2.05. The van der Waals surface area contributed by atoms with Gasteiger partial charge in [0.1, 0.15) is 6.04 Å². The van der Waals surface area contributed by atoms with Gasteiger partial charge >= 0.3 is 12.1 Å². The Labute approximate surface area is 160 Å². The second kappa shape index (κ2) is 7.52. The first-order valence-electron chi connectivity index (χ1n) is 8.60. The highest BCUT2D eigenvalue weighted by Crippen LogP contribution is 2.40. The first-order valence-corrected chi connectivity index (χ1v) is 8.98. The van der Waals surface area contributed by atoms with Gasteiger partial charge < -0.3 is 5.11 Å². The standard InChI is InChI=1S/C20H19ClF3NO2/c1-12-4-6-13(7-5-12)18(25-10-2-3-17(25)19(26)27)14-8-9-16(21)15(11-14)20(22,23)24/h4-9,11,17-18H,2-3,10H2,1H3,(H,26,27). The average molecular weight is 398 g/mol. The summed E-state index contributed by atoms with van der Waals surface area (Å²) in [6.07, 6.45) is -3.43. The van der Waals surface area contributed by atoms with Crippen molar-refractivity contribution in [2.75, 3.05) is 6.54 Å². The first kappa shape index (κ1) is 19.7. The van der Waals surface area contributed by atoms with E-state index in [-0.39, 0.29) is 5.02 Å². The van der Waals surface area contributed by atoms with Crippen LogP contribution in [0.3, 0.4) is 0 Å². The number of carbonyl (C=O) groups is 1. The molecule has 0 bridgehead atoms. The van der Waals surface area contributed by atoms with Gasteiger partial charge in [0.2, 0.25) is 0 Å². The molecule has 2 aromatic carbocycles. The molecule has 1 aliphatic heterocycles. The molecule has 0 spiro atoms. The molecule has 0 saturated carbocycles. The van der Waals surface area contributed by atoms with Crippen molar-refractivity contribution in [3.05, 3.63) is 69.7 Å². The third kappa shape index (κ3) is 4.12. The van der Waals surface area contributed by atoms with E-state index in [9.17, 15) is 23.1 Å². The second-order valence-corrected chi connectivity index (χ2v) is 7.19. The van der Waals surface area contributed by atoms with Gasteiger partial charge in [0.15, 0.2) is 0 Å². The summed E-state index contributed by atoms with van der Waals surface area (Å²) in [5.74, 6) is -0.963. The van der Waals surface area contributed by atoms with Gasteiger partial charge in [-0.2, -0.15) is 13.2 Å². The number of hydrogen-bond acceptors (Lipinski definition) is 2. The van der Waals surface area contributed by atoms with Crippen molar-refractivity contribution in [3.8, 4) is 0 Å². The Morgan fingerprint density at radius 2 is 1.81 bits per heavy atom. The molecule has 0 radical (unpaired) electrons. The maximum atomic E-state index is 13.3. The topological polar surface area (TPSA) is 40.5 Å². The third-order valence-corrected chi connectivity index (χ3v) is 5.25. The van der Waals surface area contributed by atoms with Gasteiger partial charge in [-0.15, -0.1) is 0 Å². The minimum atomic E-state index is -4.58. The lowest BCUT2D eigenvalue weighted by Crippen LogP contribution is -2.39. The Balaban J connectivity index is 2.13. The van der Waals surface area contributed by atoms with Crippen molar-refractivity contribution >= 4 is 17.6 Å². The molecule has 2 aromatic rings. The second-order valence-electron chi connectivity index (χ2n) is 6.78. The predicted molar refractivity (Wildman–Crippen MR) is 96.8 cm³/mol. The number of rotatable bonds is 4. The molecule has 1 saturated heterocycles. The fraction of sp³-hybridized carbons (Fsp3) is 0.350. The SMILES string of the molecule is Cc1ccc(C(c2ccc(Cl)c(C(F)(F)F)c2)N2CCCC2C(=O)O)cc1. The van der Waals surface area contributed by atoms with Gasteiger partial charge in [0, 0.05) is 6.54 Å². The van der Waals surface area contributed by atoms with Gasteiger partial charge in [0.25, 0.3) is 0 Å². The summed E-state index contributed by atoms with van der Waals surface area (Å²) in [5.41, 5.74) is 1.23. The number of benzene rings is 2. The van der Waals surface area contributed by atoms with Crippen molar-refractivity contribution in [1.29, 1.82) is 0 Å². The lowest BCUT2D eigenvalue weighted by atomic mass is 9.94. The number of halogens is 4. The molecule has 2 unspecified atom stereocenters. The van der Waals surface area contributed by atoms with Crippen molar-refractivity contribution in [2.45, 2.75) is 38.0 Å². The van der Waals surface area contributed by atoms with Crippen LogP contribution < -0.4 is 0 Å². The van der Waals surface area contributed by atoms with Crippen LogP contribution in [0.2, 0.25) is 5.02 Å². The van der Waals surface area contributed by atoms with E-state index in [0.717, 1.165) is 17.2 Å². The summed E-state index contributed by atoms with van der Waals surface area (Å²) in [6, 6.07) is 9.88. The number of aryl methyl sites for hydroxylation is 1. The molecule has 3 rings (SSSR count). The molecule has 0 aromatic heterocycles. The Bertz CT molecular complexity index is 836. The number of hydrogen-bond donors (Lipinski definition) is 1. The van der Waals surface area contributed by atoms with Crippen molar-refractivity contribution < 1.29 is 23.1 Å². The van der Waals surface area contributed by atoms with Crippen molar-refractivity contribution in [3.63, 3.8) is 0 Å². The van der Waals surface area contributed by atoms with E-state index in [4.69, 9.17) is 11.6 Å². The number of carboxylic acid groups (broad SMARTS) is 1. The molecule has 144 valence electrons. The first-order chi connectivity index (χ1) is 12.7. The van der Waals surface area contributed by atoms with Crippen LogP contribution in [0.25, 0.3) is 0 Å². The summed E-state index contributed by atoms with van der Waals surface area (Å²) in [5, 5.41) is 9.19. The summed E-state index contributed by atoms with van der Waals surface area (Å²) >= 11 is 5.76. The van der Waals surface area contributed by atoms with Crippen LogP contribution in [0.4, 0.5) is 13.2 Å². The van der Waals surface area contributed by atoms with Crippen LogP contribution in [0.5, 0.6) is 0 Å². The molecule has 27 heavy (non-hydrogen) atoms. The quantitative estimate of drug-likeness (QED) is 0.760. The number of nitrogens with zero attached hydrogens (tertiary/aromatic N) is 1. The van der Waals surface area contributed by atoms with Crippen LogP contribution in [0, 0.1) is 6.92 Å². The van der Waals surface area contributed by atoms with E-state index < -0.39 is 29.8 Å². The van der Waals surface area contributed by atoms with Crippen molar-refractivity contribution in [1.82, 2.24) is 4.90 Å². The average Bonchev–Trinajstić information content (AvgIpc) is 3.07. The highest BCUT2D eigenvalue weighted by molar-refractivity contribution is 6.31. The van der Waals surface area contributed by atoms with E-state index in [1.54, 1.807) is 11.0 Å². The maximum absolute atomic E-state index is 13.3. The molecular weight excluding hydrogens is 379 g/mol. The summed E-state index contributed by atoms with van der Waals surface area (Å²) < 4.78 is 40.0. The van der Waals surface area contributed by atoms with Gasteiger partial charge in [0.05, 0.1) is 16.6 Å². The van der Waals surface area contributed by atoms with Crippen LogP contribution >= 0.6 is 11.6 Å². The van der Waals surface area contributed by atoms with Crippen LogP contribution in [-0.2, 0) is 11.0 Å². The predicted octanol–water partition coefficient (Wildman–Crippen LogP) is 5.31. The van der Waals surface area contributed by atoms with Gasteiger partial charge in [-0.1, -0.05) is 47.5 Å². The highest BCUT2D eigenvalue weighted by atomic mass is 35.5. The molecule has 0 amide bonds. The molecule has 1 fully saturated rings. The number of likely N-dealkylation sites (tertiary alicyclic amines) is 1. The van der Waals surface area contributed by atoms with E-state index in [0.29, 0.717) is 24.9 Å². The van der Waals surface area contributed by atoms with Gasteiger partial charge in [-0.05, 0) is 43.0 Å². The van der Waals surface area contributed by atoms with Crippen molar-refractivity contribution in [2.24, 2.45) is 0 Å². The largest absolute Gasteiger partial charge is 0.480 e. The number of aliphatic carboxylic acids is 1. The minimum Gasteiger partial charge on any atom is -0.480 e. The Morgan fingerprint density at radius 3 is 2.41 bits per heavy atom. The van der Waals surface area contributed by atoms with Gasteiger partial charge in [-0.3, -0.25) is 9.69 Å². The van der Waals surface area contributed by atoms with E-state index in [1.165, 1.54) is 6.07 Å². The van der Waals surface area contributed by atoms with Crippen LogP contribution in [0.15, 0.2) is 42.5 Å². The van der Waals surface area contributed by atoms with E-state index in [1.807, 2.05) is 31.2 Å². The fourth-order valence-corrected chi connectivity index (χ4v) is 3.84. The molecule has 2 atom stereocenters. The number of alkyl halides is 3. The highest BCUT2D eigenvalue weighted by Gasteiger charge is 2.39. The zero-order chi connectivity index (χ0) is 19.8. The molecule has 1 aliphatic rings. The lowest BCUT2D eigenvalue weighted by molar-refractivity contribution is -0.143. The number of carboxylic acids is 1. The zero-order valence-corrected chi connectivity index (χ0v) is 15.4. The third-order valence-electron chi connectivity index (χ3n) is 4.92.